The molecule has 0 saturated carbocycles. The molecule has 5 heteroatoms. The zero-order valence-electron chi connectivity index (χ0n) is 15.2. The summed E-state index contributed by atoms with van der Waals surface area (Å²) in [5.74, 6) is -0.186. The van der Waals surface area contributed by atoms with E-state index in [-0.39, 0.29) is 23.4 Å². The predicted molar refractivity (Wildman–Crippen MR) is 109 cm³/mol. The van der Waals surface area contributed by atoms with Crippen LogP contribution in [0.2, 0.25) is 0 Å². The lowest BCUT2D eigenvalue weighted by atomic mass is 9.88. The number of benzene rings is 3. The van der Waals surface area contributed by atoms with Crippen molar-refractivity contribution in [2.75, 3.05) is 6.54 Å². The lowest BCUT2D eigenvalue weighted by molar-refractivity contribution is 0.528. The Morgan fingerprint density at radius 1 is 0.815 bits per heavy atom. The molecule has 140 valence electrons. The normalized spacial score (nSPS) is 13.9. The molecule has 0 spiro atoms. The van der Waals surface area contributed by atoms with Gasteiger partial charge in [-0.1, -0.05) is 78.4 Å². The molecule has 3 aromatic rings. The summed E-state index contributed by atoms with van der Waals surface area (Å²) >= 11 is 0. The van der Waals surface area contributed by atoms with Gasteiger partial charge in [0.25, 0.3) is 0 Å². The van der Waals surface area contributed by atoms with Crippen LogP contribution in [0.25, 0.3) is 0 Å². The zero-order valence-corrected chi connectivity index (χ0v) is 16.1. The quantitative estimate of drug-likeness (QED) is 0.656. The van der Waals surface area contributed by atoms with E-state index in [1.807, 2.05) is 67.6 Å². The molecule has 0 aliphatic carbocycles. The van der Waals surface area contributed by atoms with Crippen LogP contribution < -0.4 is 10.5 Å². The molecule has 0 aliphatic heterocycles. The summed E-state index contributed by atoms with van der Waals surface area (Å²) in [7, 11) is -3.60. The Labute approximate surface area is 161 Å². The largest absolute Gasteiger partial charge is 0.323 e. The number of hydrogen-bond donors (Lipinski definition) is 2. The average Bonchev–Trinajstić information content (AvgIpc) is 2.70. The van der Waals surface area contributed by atoms with Crippen molar-refractivity contribution in [2.24, 2.45) is 5.73 Å². The minimum absolute atomic E-state index is 0.186. The summed E-state index contributed by atoms with van der Waals surface area (Å²) < 4.78 is 28.1. The minimum atomic E-state index is -3.60. The van der Waals surface area contributed by atoms with E-state index < -0.39 is 10.0 Å². The van der Waals surface area contributed by atoms with Crippen molar-refractivity contribution in [2.45, 2.75) is 23.8 Å². The Hall–Kier alpha value is -2.47. The molecular formula is C22H24N2O2S. The molecule has 3 N–H and O–H groups in total. The molecule has 0 amide bonds. The van der Waals surface area contributed by atoms with E-state index in [2.05, 4.69) is 4.72 Å². The Balaban J connectivity index is 1.85. The van der Waals surface area contributed by atoms with Crippen LogP contribution >= 0.6 is 0 Å². The van der Waals surface area contributed by atoms with E-state index in [4.69, 9.17) is 5.73 Å². The van der Waals surface area contributed by atoms with Crippen LogP contribution in [0.4, 0.5) is 0 Å². The van der Waals surface area contributed by atoms with Crippen molar-refractivity contribution >= 4 is 10.0 Å². The number of sulfonamides is 1. The Morgan fingerprint density at radius 3 is 1.89 bits per heavy atom. The van der Waals surface area contributed by atoms with Crippen LogP contribution in [0.5, 0.6) is 0 Å². The van der Waals surface area contributed by atoms with Crippen molar-refractivity contribution in [1.29, 1.82) is 0 Å². The van der Waals surface area contributed by atoms with Crippen LogP contribution in [0.15, 0.2) is 89.8 Å². The fourth-order valence-corrected chi connectivity index (χ4v) is 4.12. The van der Waals surface area contributed by atoms with Gasteiger partial charge in [0, 0.05) is 18.5 Å². The molecule has 0 fully saturated rings. The van der Waals surface area contributed by atoms with Crippen LogP contribution in [0, 0.1) is 6.92 Å². The zero-order chi connectivity index (χ0) is 19.3. The summed E-state index contributed by atoms with van der Waals surface area (Å²) in [6.07, 6.45) is 0. The van der Waals surface area contributed by atoms with Gasteiger partial charge in [-0.2, -0.15) is 0 Å². The third-order valence-electron chi connectivity index (χ3n) is 4.67. The van der Waals surface area contributed by atoms with E-state index in [1.165, 1.54) is 0 Å². The fourth-order valence-electron chi connectivity index (χ4n) is 3.06. The maximum Gasteiger partial charge on any atom is 0.240 e. The summed E-state index contributed by atoms with van der Waals surface area (Å²) in [4.78, 5) is 0.258. The third kappa shape index (κ3) is 4.83. The van der Waals surface area contributed by atoms with Gasteiger partial charge in [-0.3, -0.25) is 0 Å². The van der Waals surface area contributed by atoms with E-state index >= 15 is 0 Å². The number of aryl methyl sites for hydroxylation is 1. The standard InChI is InChI=1S/C22H24N2O2S/c1-17-12-14-20(15-13-17)27(25,26)24-16-21(18-8-4-2-5-9-18)22(23)19-10-6-3-7-11-19/h2-15,21-22,24H,16,23H2,1H3/t21-,22+/m0/s1. The van der Waals surface area contributed by atoms with Crippen molar-refractivity contribution in [3.05, 3.63) is 102 Å². The maximum absolute atomic E-state index is 12.7. The Kier molecular flexibility index (Phi) is 6.06. The third-order valence-corrected chi connectivity index (χ3v) is 6.11. The first kappa shape index (κ1) is 19.3. The van der Waals surface area contributed by atoms with Crippen LogP contribution in [-0.4, -0.2) is 15.0 Å². The number of hydrogen-bond acceptors (Lipinski definition) is 3. The predicted octanol–water partition coefficient (Wildman–Crippen LogP) is 3.76. The first-order valence-corrected chi connectivity index (χ1v) is 10.4. The molecule has 3 aromatic carbocycles. The molecule has 27 heavy (non-hydrogen) atoms. The van der Waals surface area contributed by atoms with Gasteiger partial charge in [0.15, 0.2) is 0 Å². The molecule has 0 radical (unpaired) electrons. The van der Waals surface area contributed by atoms with E-state index in [1.54, 1.807) is 24.3 Å². The Morgan fingerprint density at radius 2 is 1.33 bits per heavy atom. The van der Waals surface area contributed by atoms with Crippen LogP contribution in [-0.2, 0) is 10.0 Å². The highest BCUT2D eigenvalue weighted by atomic mass is 32.2. The van der Waals surface area contributed by atoms with Crippen molar-refractivity contribution in [3.8, 4) is 0 Å². The molecule has 0 aliphatic rings. The number of nitrogens with one attached hydrogen (secondary N) is 1. The highest BCUT2D eigenvalue weighted by Gasteiger charge is 2.24. The molecule has 3 rings (SSSR count). The fraction of sp³-hybridized carbons (Fsp3) is 0.182. The van der Waals surface area contributed by atoms with Crippen molar-refractivity contribution in [1.82, 2.24) is 4.72 Å². The molecule has 0 heterocycles. The molecule has 2 atom stereocenters. The summed E-state index contributed by atoms with van der Waals surface area (Å²) in [5.41, 5.74) is 9.51. The molecule has 0 bridgehead atoms. The second-order valence-corrected chi connectivity index (χ2v) is 8.39. The van der Waals surface area contributed by atoms with Gasteiger partial charge in [0.05, 0.1) is 4.90 Å². The van der Waals surface area contributed by atoms with Gasteiger partial charge in [-0.15, -0.1) is 0 Å². The first-order valence-electron chi connectivity index (χ1n) is 8.89. The smallest absolute Gasteiger partial charge is 0.240 e. The summed E-state index contributed by atoms with van der Waals surface area (Å²) in [6.45, 7) is 2.14. The van der Waals surface area contributed by atoms with Gasteiger partial charge in [0.2, 0.25) is 10.0 Å². The average molecular weight is 381 g/mol. The van der Waals surface area contributed by atoms with Gasteiger partial charge in [-0.05, 0) is 30.2 Å². The second kappa shape index (κ2) is 8.48. The van der Waals surface area contributed by atoms with Gasteiger partial charge < -0.3 is 5.73 Å². The van der Waals surface area contributed by atoms with Crippen LogP contribution in [0.1, 0.15) is 28.7 Å². The lowest BCUT2D eigenvalue weighted by Crippen LogP contribution is -2.33. The minimum Gasteiger partial charge on any atom is -0.323 e. The molecule has 0 aromatic heterocycles. The summed E-state index contributed by atoms with van der Waals surface area (Å²) in [6, 6.07) is 26.0. The molecule has 4 nitrogen and oxygen atoms in total. The number of rotatable bonds is 7. The van der Waals surface area contributed by atoms with E-state index in [0.29, 0.717) is 0 Å². The van der Waals surface area contributed by atoms with Crippen LogP contribution in [0.3, 0.4) is 0 Å². The van der Waals surface area contributed by atoms with Gasteiger partial charge in [-0.25, -0.2) is 13.1 Å². The molecule has 0 unspecified atom stereocenters. The maximum atomic E-state index is 12.7. The molecular weight excluding hydrogens is 356 g/mol. The van der Waals surface area contributed by atoms with E-state index in [0.717, 1.165) is 16.7 Å². The van der Waals surface area contributed by atoms with Gasteiger partial charge >= 0.3 is 0 Å². The SMILES string of the molecule is Cc1ccc(S(=O)(=O)NC[C@@H](c2ccccc2)[C@H](N)c2ccccc2)cc1. The molecule has 0 saturated heterocycles. The summed E-state index contributed by atoms with van der Waals surface area (Å²) in [5, 5.41) is 0. The Bertz CT molecular complexity index is 956. The topological polar surface area (TPSA) is 72.2 Å². The highest BCUT2D eigenvalue weighted by molar-refractivity contribution is 7.89. The van der Waals surface area contributed by atoms with Gasteiger partial charge in [0.1, 0.15) is 0 Å². The van der Waals surface area contributed by atoms with Crippen molar-refractivity contribution in [3.63, 3.8) is 0 Å². The first-order chi connectivity index (χ1) is 13.0. The second-order valence-electron chi connectivity index (χ2n) is 6.62. The lowest BCUT2D eigenvalue weighted by Gasteiger charge is -2.25. The van der Waals surface area contributed by atoms with E-state index in [9.17, 15) is 8.42 Å². The monoisotopic (exact) mass is 380 g/mol. The number of nitrogens with two attached hydrogens (primary N) is 1. The highest BCUT2D eigenvalue weighted by Crippen LogP contribution is 2.29. The van der Waals surface area contributed by atoms with Crippen molar-refractivity contribution < 1.29 is 8.42 Å².